The Hall–Kier alpha value is -2.55. The molecule has 0 aliphatic carbocycles. The van der Waals surface area contributed by atoms with Crippen LogP contribution in [0.25, 0.3) is 0 Å². The maximum Gasteiger partial charge on any atom is 0.339 e. The molecule has 1 aromatic carbocycles. The standard InChI is InChI=1S/C11H10N2O6S/c1-6-2-9(14)8(11(15)16)3-10(6)20(17,18)13-7-4-12-19-5-7/h2-5,13-14H,1H3,(H,15,16). The Morgan fingerprint density at radius 3 is 2.65 bits per heavy atom. The molecule has 0 fully saturated rings. The van der Waals surface area contributed by atoms with Crippen LogP contribution < -0.4 is 4.72 Å². The predicted molar refractivity (Wildman–Crippen MR) is 67.1 cm³/mol. The SMILES string of the molecule is Cc1cc(O)c(C(=O)O)cc1S(=O)(=O)Nc1cnoc1. The highest BCUT2D eigenvalue weighted by molar-refractivity contribution is 7.92. The highest BCUT2D eigenvalue weighted by atomic mass is 32.2. The smallest absolute Gasteiger partial charge is 0.339 e. The van der Waals surface area contributed by atoms with Gasteiger partial charge in [-0.1, -0.05) is 5.16 Å². The molecule has 20 heavy (non-hydrogen) atoms. The van der Waals surface area contributed by atoms with Gasteiger partial charge in [0.2, 0.25) is 0 Å². The van der Waals surface area contributed by atoms with Crippen LogP contribution in [-0.4, -0.2) is 29.8 Å². The lowest BCUT2D eigenvalue weighted by atomic mass is 10.1. The number of nitrogens with zero attached hydrogens (tertiary/aromatic N) is 1. The first-order chi connectivity index (χ1) is 9.31. The van der Waals surface area contributed by atoms with Crippen LogP contribution in [0.5, 0.6) is 5.75 Å². The van der Waals surface area contributed by atoms with Crippen molar-refractivity contribution in [3.05, 3.63) is 35.7 Å². The van der Waals surface area contributed by atoms with Crippen molar-refractivity contribution < 1.29 is 27.9 Å². The third kappa shape index (κ3) is 2.57. The van der Waals surface area contributed by atoms with E-state index in [1.165, 1.54) is 6.92 Å². The number of carbonyl (C=O) groups is 1. The maximum absolute atomic E-state index is 12.2. The number of hydrogen-bond donors (Lipinski definition) is 3. The molecule has 1 aromatic heterocycles. The Bertz CT molecular complexity index is 751. The minimum absolute atomic E-state index is 0.106. The zero-order valence-corrected chi connectivity index (χ0v) is 11.0. The van der Waals surface area contributed by atoms with Gasteiger partial charge in [-0.2, -0.15) is 0 Å². The number of hydrogen-bond acceptors (Lipinski definition) is 6. The monoisotopic (exact) mass is 298 g/mol. The summed E-state index contributed by atoms with van der Waals surface area (Å²) in [6, 6.07) is 1.97. The van der Waals surface area contributed by atoms with Gasteiger partial charge in [-0.15, -0.1) is 0 Å². The molecular formula is C11H10N2O6S. The summed E-state index contributed by atoms with van der Waals surface area (Å²) in [6.07, 6.45) is 2.25. The van der Waals surface area contributed by atoms with Gasteiger partial charge >= 0.3 is 5.97 Å². The Morgan fingerprint density at radius 1 is 1.40 bits per heavy atom. The molecule has 0 spiro atoms. The van der Waals surface area contributed by atoms with Crippen molar-refractivity contribution in [1.29, 1.82) is 0 Å². The number of aryl methyl sites for hydroxylation is 1. The Morgan fingerprint density at radius 2 is 2.10 bits per heavy atom. The summed E-state index contributed by atoms with van der Waals surface area (Å²) in [7, 11) is -4.01. The van der Waals surface area contributed by atoms with Crippen LogP contribution in [0, 0.1) is 6.92 Å². The van der Waals surface area contributed by atoms with E-state index < -0.39 is 27.3 Å². The van der Waals surface area contributed by atoms with Crippen molar-refractivity contribution in [2.24, 2.45) is 0 Å². The van der Waals surface area contributed by atoms with Crippen LogP contribution in [0.4, 0.5) is 5.69 Å². The minimum atomic E-state index is -4.01. The zero-order valence-electron chi connectivity index (χ0n) is 10.2. The summed E-state index contributed by atoms with van der Waals surface area (Å²) in [5.41, 5.74) is -0.188. The van der Waals surface area contributed by atoms with E-state index in [-0.39, 0.29) is 16.1 Å². The normalized spacial score (nSPS) is 11.2. The molecule has 3 N–H and O–H groups in total. The largest absolute Gasteiger partial charge is 0.507 e. The molecule has 0 atom stereocenters. The van der Waals surface area contributed by atoms with Gasteiger partial charge in [0.1, 0.15) is 23.3 Å². The molecule has 0 aliphatic rings. The number of aromatic hydroxyl groups is 1. The Labute approximate surface area is 113 Å². The van der Waals surface area contributed by atoms with Crippen LogP contribution in [0.15, 0.2) is 34.0 Å². The number of anilines is 1. The second kappa shape index (κ2) is 4.85. The minimum Gasteiger partial charge on any atom is -0.507 e. The van der Waals surface area contributed by atoms with Gasteiger partial charge in [0.15, 0.2) is 0 Å². The van der Waals surface area contributed by atoms with Crippen LogP contribution in [0.1, 0.15) is 15.9 Å². The summed E-state index contributed by atoms with van der Waals surface area (Å²) in [5.74, 6) is -1.93. The zero-order chi connectivity index (χ0) is 14.9. The fourth-order valence-corrected chi connectivity index (χ4v) is 2.88. The van der Waals surface area contributed by atoms with Crippen molar-refractivity contribution >= 4 is 21.7 Å². The average molecular weight is 298 g/mol. The molecule has 0 amide bonds. The first-order valence-corrected chi connectivity index (χ1v) is 6.78. The quantitative estimate of drug-likeness (QED) is 0.772. The number of nitrogens with one attached hydrogen (secondary N) is 1. The fourth-order valence-electron chi connectivity index (χ4n) is 1.60. The molecule has 0 unspecified atom stereocenters. The van der Waals surface area contributed by atoms with Crippen LogP contribution in [-0.2, 0) is 10.0 Å². The van der Waals surface area contributed by atoms with E-state index in [4.69, 9.17) is 5.11 Å². The van der Waals surface area contributed by atoms with Crippen LogP contribution in [0.3, 0.4) is 0 Å². The maximum atomic E-state index is 12.2. The molecule has 0 aliphatic heterocycles. The predicted octanol–water partition coefficient (Wildman–Crippen LogP) is 1.19. The highest BCUT2D eigenvalue weighted by Gasteiger charge is 2.22. The molecule has 1 heterocycles. The van der Waals surface area contributed by atoms with Gasteiger partial charge in [0.05, 0.1) is 11.1 Å². The lowest BCUT2D eigenvalue weighted by Gasteiger charge is -2.10. The van der Waals surface area contributed by atoms with Gasteiger partial charge in [0, 0.05) is 0 Å². The van der Waals surface area contributed by atoms with E-state index in [1.807, 2.05) is 0 Å². The molecule has 0 radical (unpaired) electrons. The highest BCUT2D eigenvalue weighted by Crippen LogP contribution is 2.26. The number of benzene rings is 1. The topological polar surface area (TPSA) is 130 Å². The molecule has 106 valence electrons. The second-order valence-electron chi connectivity index (χ2n) is 3.96. The van der Waals surface area contributed by atoms with Crippen molar-refractivity contribution in [1.82, 2.24) is 5.16 Å². The van der Waals surface area contributed by atoms with Gasteiger partial charge in [-0.3, -0.25) is 4.72 Å². The third-order valence-corrected chi connectivity index (χ3v) is 4.02. The summed E-state index contributed by atoms with van der Waals surface area (Å²) in [5, 5.41) is 21.7. The van der Waals surface area contributed by atoms with Crippen LogP contribution in [0.2, 0.25) is 0 Å². The molecule has 0 saturated heterocycles. The van der Waals surface area contributed by atoms with Crippen molar-refractivity contribution in [2.45, 2.75) is 11.8 Å². The van der Waals surface area contributed by atoms with Crippen molar-refractivity contribution in [3.63, 3.8) is 0 Å². The number of rotatable bonds is 4. The van der Waals surface area contributed by atoms with E-state index in [2.05, 4.69) is 14.4 Å². The second-order valence-corrected chi connectivity index (χ2v) is 5.61. The van der Waals surface area contributed by atoms with Gasteiger partial charge in [-0.05, 0) is 24.6 Å². The lowest BCUT2D eigenvalue weighted by molar-refractivity contribution is 0.0693. The number of carboxylic acids is 1. The molecular weight excluding hydrogens is 288 g/mol. The first-order valence-electron chi connectivity index (χ1n) is 5.30. The van der Waals surface area contributed by atoms with Crippen LogP contribution >= 0.6 is 0 Å². The lowest BCUT2D eigenvalue weighted by Crippen LogP contribution is -2.15. The first kappa shape index (κ1) is 13.9. The third-order valence-electron chi connectivity index (χ3n) is 2.50. The number of aromatic carboxylic acids is 1. The Kier molecular flexibility index (Phi) is 3.36. The summed E-state index contributed by atoms with van der Waals surface area (Å²) >= 11 is 0. The van der Waals surface area contributed by atoms with Gasteiger partial charge in [-0.25, -0.2) is 13.2 Å². The van der Waals surface area contributed by atoms with Gasteiger partial charge < -0.3 is 14.7 Å². The summed E-state index contributed by atoms with van der Waals surface area (Å²) in [6.45, 7) is 1.44. The van der Waals surface area contributed by atoms with E-state index in [1.54, 1.807) is 0 Å². The summed E-state index contributed by atoms with van der Waals surface area (Å²) < 4.78 is 31.0. The number of carboxylic acid groups (broad SMARTS) is 1. The van der Waals surface area contributed by atoms with Gasteiger partial charge in [0.25, 0.3) is 10.0 Å². The van der Waals surface area contributed by atoms with E-state index >= 15 is 0 Å². The fraction of sp³-hybridized carbons (Fsp3) is 0.0909. The molecule has 8 nitrogen and oxygen atoms in total. The number of sulfonamides is 1. The number of aromatic nitrogens is 1. The molecule has 9 heteroatoms. The number of phenols is 1. The molecule has 0 saturated carbocycles. The van der Waals surface area contributed by atoms with Crippen molar-refractivity contribution in [2.75, 3.05) is 4.72 Å². The summed E-state index contributed by atoms with van der Waals surface area (Å²) in [4.78, 5) is 10.7. The van der Waals surface area contributed by atoms with Crippen molar-refractivity contribution in [3.8, 4) is 5.75 Å². The van der Waals surface area contributed by atoms with E-state index in [0.717, 1.165) is 24.6 Å². The molecule has 2 rings (SSSR count). The average Bonchev–Trinajstić information content (AvgIpc) is 2.79. The van der Waals surface area contributed by atoms with E-state index in [0.29, 0.717) is 0 Å². The van der Waals surface area contributed by atoms with E-state index in [9.17, 15) is 18.3 Å². The molecule has 2 aromatic rings. The Balaban J connectivity index is 2.51. The molecule has 0 bridgehead atoms.